The highest BCUT2D eigenvalue weighted by atomic mass is 35.5. The molecule has 7 heteroatoms. The maximum atomic E-state index is 12.6. The summed E-state index contributed by atoms with van der Waals surface area (Å²) in [5.74, 6) is -0.307. The third-order valence-electron chi connectivity index (χ3n) is 4.45. The molecule has 0 unspecified atom stereocenters. The fourth-order valence-corrected chi connectivity index (χ4v) is 3.97. The molecule has 0 spiro atoms. The molecule has 0 aliphatic carbocycles. The number of hydrogen-bond donors (Lipinski definition) is 2. The second-order valence-corrected chi connectivity index (χ2v) is 8.87. The second kappa shape index (κ2) is 9.15. The minimum Gasteiger partial charge on any atom is -0.323 e. The smallest absolute Gasteiger partial charge is 0.261 e. The first-order valence-corrected chi connectivity index (χ1v) is 11.0. The maximum absolute atomic E-state index is 12.6. The number of carbonyl (C=O) groups is 1. The van der Waals surface area contributed by atoms with Gasteiger partial charge in [-0.05, 0) is 67.4 Å². The highest BCUT2D eigenvalue weighted by molar-refractivity contribution is 7.92. The standard InChI is InChI=1S/C23H21ClN2O3S/c1-16-6-8-18(9-7-16)10-15-23(27)25-19-11-13-20(14-12-19)30(28,29)26-22-5-3-4-21(24)17(22)2/h3-15,26H,1-2H3,(H,25,27)/b15-10+. The Labute approximate surface area is 181 Å². The average Bonchev–Trinajstić information content (AvgIpc) is 2.71. The van der Waals surface area contributed by atoms with E-state index in [0.29, 0.717) is 22.0 Å². The van der Waals surface area contributed by atoms with Crippen LogP contribution in [0.2, 0.25) is 5.02 Å². The number of anilines is 2. The molecule has 1 amide bonds. The molecule has 0 saturated carbocycles. The van der Waals surface area contributed by atoms with Crippen LogP contribution in [0.1, 0.15) is 16.7 Å². The zero-order valence-corrected chi connectivity index (χ0v) is 18.1. The van der Waals surface area contributed by atoms with Crippen molar-refractivity contribution in [2.45, 2.75) is 18.7 Å². The molecule has 3 aromatic carbocycles. The summed E-state index contributed by atoms with van der Waals surface area (Å²) >= 11 is 6.05. The van der Waals surface area contributed by atoms with Gasteiger partial charge >= 0.3 is 0 Å². The first-order valence-electron chi connectivity index (χ1n) is 9.18. The molecule has 3 rings (SSSR count). The fraction of sp³-hybridized carbons (Fsp3) is 0.0870. The summed E-state index contributed by atoms with van der Waals surface area (Å²) < 4.78 is 27.8. The molecule has 0 atom stereocenters. The van der Waals surface area contributed by atoms with Crippen molar-refractivity contribution >= 4 is 45.0 Å². The van der Waals surface area contributed by atoms with Crippen LogP contribution in [-0.4, -0.2) is 14.3 Å². The maximum Gasteiger partial charge on any atom is 0.261 e. The first-order chi connectivity index (χ1) is 14.2. The van der Waals surface area contributed by atoms with E-state index in [1.54, 1.807) is 31.2 Å². The molecule has 0 radical (unpaired) electrons. The van der Waals surface area contributed by atoms with Gasteiger partial charge in [0.2, 0.25) is 5.91 Å². The summed E-state index contributed by atoms with van der Waals surface area (Å²) in [4.78, 5) is 12.2. The number of benzene rings is 3. The van der Waals surface area contributed by atoms with Crippen LogP contribution in [-0.2, 0) is 14.8 Å². The monoisotopic (exact) mass is 440 g/mol. The predicted octanol–water partition coefficient (Wildman–Crippen LogP) is 5.41. The van der Waals surface area contributed by atoms with Crippen molar-refractivity contribution in [3.8, 4) is 0 Å². The average molecular weight is 441 g/mol. The van der Waals surface area contributed by atoms with Gasteiger partial charge < -0.3 is 5.32 Å². The highest BCUT2D eigenvalue weighted by Crippen LogP contribution is 2.25. The number of sulfonamides is 1. The Bertz CT molecular complexity index is 1190. The minimum absolute atomic E-state index is 0.0788. The Morgan fingerprint density at radius 2 is 1.60 bits per heavy atom. The molecule has 5 nitrogen and oxygen atoms in total. The molecule has 0 aliphatic rings. The Balaban J connectivity index is 1.67. The van der Waals surface area contributed by atoms with E-state index in [0.717, 1.165) is 11.1 Å². The SMILES string of the molecule is Cc1ccc(/C=C/C(=O)Nc2ccc(S(=O)(=O)Nc3cccc(Cl)c3C)cc2)cc1. The van der Waals surface area contributed by atoms with Crippen molar-refractivity contribution in [2.24, 2.45) is 0 Å². The number of aryl methyl sites for hydroxylation is 1. The third kappa shape index (κ3) is 5.49. The van der Waals surface area contributed by atoms with Crippen LogP contribution in [0.15, 0.2) is 77.7 Å². The molecule has 154 valence electrons. The van der Waals surface area contributed by atoms with Crippen LogP contribution in [0.3, 0.4) is 0 Å². The number of amides is 1. The molecule has 3 aromatic rings. The molecule has 0 aliphatic heterocycles. The van der Waals surface area contributed by atoms with E-state index in [9.17, 15) is 13.2 Å². The molecule has 0 aromatic heterocycles. The summed E-state index contributed by atoms with van der Waals surface area (Å²) in [6.45, 7) is 3.73. The molecular formula is C23H21ClN2O3S. The van der Waals surface area contributed by atoms with Gasteiger partial charge in [0.15, 0.2) is 0 Å². The lowest BCUT2D eigenvalue weighted by Gasteiger charge is -2.12. The van der Waals surface area contributed by atoms with Gasteiger partial charge in [0, 0.05) is 16.8 Å². The number of carbonyl (C=O) groups excluding carboxylic acids is 1. The Kier molecular flexibility index (Phi) is 6.59. The van der Waals surface area contributed by atoms with Crippen molar-refractivity contribution in [1.29, 1.82) is 0 Å². The van der Waals surface area contributed by atoms with Crippen LogP contribution in [0.4, 0.5) is 11.4 Å². The van der Waals surface area contributed by atoms with E-state index in [-0.39, 0.29) is 10.8 Å². The van der Waals surface area contributed by atoms with Gasteiger partial charge in [0.1, 0.15) is 0 Å². The quantitative estimate of drug-likeness (QED) is 0.503. The fourth-order valence-electron chi connectivity index (χ4n) is 2.67. The summed E-state index contributed by atoms with van der Waals surface area (Å²) in [5, 5.41) is 3.19. The number of rotatable bonds is 6. The third-order valence-corrected chi connectivity index (χ3v) is 6.24. The van der Waals surface area contributed by atoms with Crippen molar-refractivity contribution in [3.63, 3.8) is 0 Å². The molecule has 0 bridgehead atoms. The van der Waals surface area contributed by atoms with E-state index in [2.05, 4.69) is 10.0 Å². The van der Waals surface area contributed by atoms with E-state index in [1.807, 2.05) is 31.2 Å². The van der Waals surface area contributed by atoms with Crippen LogP contribution in [0.25, 0.3) is 6.08 Å². The highest BCUT2D eigenvalue weighted by Gasteiger charge is 2.16. The lowest BCUT2D eigenvalue weighted by atomic mass is 10.1. The van der Waals surface area contributed by atoms with Crippen LogP contribution in [0.5, 0.6) is 0 Å². The van der Waals surface area contributed by atoms with Crippen LogP contribution < -0.4 is 10.0 Å². The molecule has 30 heavy (non-hydrogen) atoms. The lowest BCUT2D eigenvalue weighted by molar-refractivity contribution is -0.111. The first kappa shape index (κ1) is 21.6. The summed E-state index contributed by atoms with van der Waals surface area (Å²) in [6, 6.07) is 18.7. The van der Waals surface area contributed by atoms with E-state index in [4.69, 9.17) is 11.6 Å². The molecular weight excluding hydrogens is 420 g/mol. The van der Waals surface area contributed by atoms with Gasteiger partial charge in [-0.2, -0.15) is 0 Å². The van der Waals surface area contributed by atoms with Gasteiger partial charge in [-0.1, -0.05) is 47.5 Å². The van der Waals surface area contributed by atoms with Gasteiger partial charge in [-0.3, -0.25) is 9.52 Å². The van der Waals surface area contributed by atoms with Crippen molar-refractivity contribution in [2.75, 3.05) is 10.0 Å². The predicted molar refractivity (Wildman–Crippen MR) is 122 cm³/mol. The summed E-state index contributed by atoms with van der Waals surface area (Å²) in [7, 11) is -3.78. The topological polar surface area (TPSA) is 75.3 Å². The van der Waals surface area contributed by atoms with E-state index < -0.39 is 10.0 Å². The summed E-state index contributed by atoms with van der Waals surface area (Å²) in [5.41, 5.74) is 3.62. The van der Waals surface area contributed by atoms with Crippen molar-refractivity contribution < 1.29 is 13.2 Å². The van der Waals surface area contributed by atoms with Crippen molar-refractivity contribution in [3.05, 3.63) is 94.5 Å². The van der Waals surface area contributed by atoms with Crippen LogP contribution in [0, 0.1) is 13.8 Å². The lowest BCUT2D eigenvalue weighted by Crippen LogP contribution is -2.14. The zero-order chi connectivity index (χ0) is 21.7. The van der Waals surface area contributed by atoms with Gasteiger partial charge in [-0.25, -0.2) is 8.42 Å². The molecule has 2 N–H and O–H groups in total. The Morgan fingerprint density at radius 1 is 0.933 bits per heavy atom. The number of halogens is 1. The second-order valence-electron chi connectivity index (χ2n) is 6.78. The number of nitrogens with one attached hydrogen (secondary N) is 2. The molecule has 0 heterocycles. The Hall–Kier alpha value is -3.09. The molecule has 0 saturated heterocycles. The van der Waals surface area contributed by atoms with Crippen molar-refractivity contribution in [1.82, 2.24) is 0 Å². The van der Waals surface area contributed by atoms with E-state index in [1.165, 1.54) is 30.3 Å². The normalized spacial score (nSPS) is 11.4. The van der Waals surface area contributed by atoms with Crippen LogP contribution >= 0.6 is 11.6 Å². The van der Waals surface area contributed by atoms with Gasteiger partial charge in [0.05, 0.1) is 10.6 Å². The number of hydrogen-bond acceptors (Lipinski definition) is 3. The van der Waals surface area contributed by atoms with E-state index >= 15 is 0 Å². The zero-order valence-electron chi connectivity index (χ0n) is 16.5. The van der Waals surface area contributed by atoms with Gasteiger partial charge in [-0.15, -0.1) is 0 Å². The molecule has 0 fully saturated rings. The largest absolute Gasteiger partial charge is 0.323 e. The summed E-state index contributed by atoms with van der Waals surface area (Å²) in [6.07, 6.45) is 3.14. The van der Waals surface area contributed by atoms with Gasteiger partial charge in [0.25, 0.3) is 10.0 Å². The Morgan fingerprint density at radius 3 is 2.27 bits per heavy atom. The minimum atomic E-state index is -3.78.